The third-order valence-electron chi connectivity index (χ3n) is 5.87. The van der Waals surface area contributed by atoms with Crippen LogP contribution >= 0.6 is 24.0 Å². The highest BCUT2D eigenvalue weighted by Gasteiger charge is 2.42. The van der Waals surface area contributed by atoms with Crippen LogP contribution in [-0.2, 0) is 25.7 Å². The molecule has 0 unspecified atom stereocenters. The molecule has 1 N–H and O–H groups in total. The van der Waals surface area contributed by atoms with Crippen molar-refractivity contribution in [3.8, 4) is 0 Å². The number of rotatable bonds is 7. The van der Waals surface area contributed by atoms with Crippen LogP contribution in [0, 0.1) is 0 Å². The zero-order valence-electron chi connectivity index (χ0n) is 20.1. The van der Waals surface area contributed by atoms with Crippen molar-refractivity contribution in [3.05, 3.63) is 88.7 Å². The maximum Gasteiger partial charge on any atom is 0.338 e. The van der Waals surface area contributed by atoms with Gasteiger partial charge in [-0.05, 0) is 49.4 Å². The molecule has 11 heteroatoms. The number of furan rings is 1. The summed E-state index contributed by atoms with van der Waals surface area (Å²) in [5.41, 5.74) is 2.12. The number of thiocarbonyl (C=S) groups is 1. The Morgan fingerprint density at radius 1 is 1.00 bits per heavy atom. The molecule has 0 atom stereocenters. The van der Waals surface area contributed by atoms with Crippen LogP contribution in [0.4, 0.5) is 11.4 Å². The van der Waals surface area contributed by atoms with Crippen molar-refractivity contribution in [3.63, 3.8) is 0 Å². The minimum atomic E-state index is -0.461. The number of fused-ring (bicyclic) bond motifs is 1. The van der Waals surface area contributed by atoms with Crippen LogP contribution in [0.2, 0.25) is 0 Å². The summed E-state index contributed by atoms with van der Waals surface area (Å²) in [6, 6.07) is 16.7. The topological polar surface area (TPSA) is 109 Å². The summed E-state index contributed by atoms with van der Waals surface area (Å²) in [6.45, 7) is 1.87. The summed E-state index contributed by atoms with van der Waals surface area (Å²) in [5.74, 6) is -1.17. The van der Waals surface area contributed by atoms with Gasteiger partial charge in [-0.15, -0.1) is 0 Å². The maximum absolute atomic E-state index is 13.6. The van der Waals surface area contributed by atoms with Gasteiger partial charge in [-0.25, -0.2) is 4.79 Å². The second-order valence-corrected chi connectivity index (χ2v) is 9.94. The van der Waals surface area contributed by atoms with E-state index in [0.29, 0.717) is 32.6 Å². The van der Waals surface area contributed by atoms with Crippen LogP contribution in [0.25, 0.3) is 5.57 Å². The number of anilines is 2. The number of carbonyl (C=O) groups excluding carboxylic acids is 4. The number of nitrogens with zero attached hydrogens (tertiary/aromatic N) is 2. The van der Waals surface area contributed by atoms with E-state index >= 15 is 0 Å². The molecule has 2 aliphatic rings. The lowest BCUT2D eigenvalue weighted by molar-refractivity contribution is -0.123. The van der Waals surface area contributed by atoms with Gasteiger partial charge in [0.05, 0.1) is 41.1 Å². The van der Waals surface area contributed by atoms with E-state index in [4.69, 9.17) is 21.4 Å². The molecule has 192 valence electrons. The Hall–Kier alpha value is -4.22. The zero-order chi connectivity index (χ0) is 26.8. The molecule has 0 bridgehead atoms. The first-order chi connectivity index (χ1) is 18.4. The first-order valence-corrected chi connectivity index (χ1v) is 12.9. The van der Waals surface area contributed by atoms with Gasteiger partial charge in [-0.1, -0.05) is 42.2 Å². The Bertz CT molecular complexity index is 1480. The van der Waals surface area contributed by atoms with Gasteiger partial charge in [-0.2, -0.15) is 0 Å². The van der Waals surface area contributed by atoms with Gasteiger partial charge in [0.25, 0.3) is 11.8 Å². The van der Waals surface area contributed by atoms with Crippen LogP contribution in [0.5, 0.6) is 0 Å². The van der Waals surface area contributed by atoms with Crippen molar-refractivity contribution in [2.24, 2.45) is 0 Å². The van der Waals surface area contributed by atoms with E-state index in [1.807, 2.05) is 0 Å². The van der Waals surface area contributed by atoms with Crippen LogP contribution in [0.1, 0.15) is 28.6 Å². The van der Waals surface area contributed by atoms with E-state index in [1.165, 1.54) is 16.1 Å². The molecule has 1 fully saturated rings. The standard InChI is InChI=1S/C27H21N3O6S2/c1-2-35-26(34)16-9-11-17(12-10-16)28-21(31)15-29-20-8-4-3-7-19(20)22(24(29)32)23-25(33)30(27(37)38-23)14-18-6-5-13-36-18/h3-13H,2,14-15H2,1H3,(H,28,31). The van der Waals surface area contributed by atoms with Gasteiger partial charge in [0.2, 0.25) is 5.91 Å². The number of benzene rings is 2. The third kappa shape index (κ3) is 4.85. The van der Waals surface area contributed by atoms with Crippen molar-refractivity contribution in [2.75, 3.05) is 23.4 Å². The van der Waals surface area contributed by atoms with E-state index in [9.17, 15) is 19.2 Å². The quantitative estimate of drug-likeness (QED) is 0.266. The fourth-order valence-electron chi connectivity index (χ4n) is 4.15. The predicted molar refractivity (Wildman–Crippen MR) is 146 cm³/mol. The van der Waals surface area contributed by atoms with Crippen LogP contribution in [-0.4, -0.2) is 46.1 Å². The van der Waals surface area contributed by atoms with Crippen molar-refractivity contribution in [2.45, 2.75) is 13.5 Å². The number of nitrogens with one attached hydrogen (secondary N) is 1. The molecule has 9 nitrogen and oxygen atoms in total. The number of ether oxygens (including phenoxy) is 1. The lowest BCUT2D eigenvalue weighted by atomic mass is 10.1. The van der Waals surface area contributed by atoms with Crippen LogP contribution < -0.4 is 10.2 Å². The highest BCUT2D eigenvalue weighted by molar-refractivity contribution is 8.26. The summed E-state index contributed by atoms with van der Waals surface area (Å²) in [4.78, 5) is 54.6. The summed E-state index contributed by atoms with van der Waals surface area (Å²) in [7, 11) is 0. The molecule has 38 heavy (non-hydrogen) atoms. The average Bonchev–Trinajstić information content (AvgIpc) is 3.59. The smallest absolute Gasteiger partial charge is 0.338 e. The second kappa shape index (κ2) is 10.6. The summed E-state index contributed by atoms with van der Waals surface area (Å²) in [6.07, 6.45) is 1.51. The Morgan fingerprint density at radius 3 is 2.47 bits per heavy atom. The number of esters is 1. The zero-order valence-corrected chi connectivity index (χ0v) is 21.8. The Morgan fingerprint density at radius 2 is 1.76 bits per heavy atom. The molecule has 0 radical (unpaired) electrons. The SMILES string of the molecule is CCOC(=O)c1ccc(NC(=O)CN2C(=O)C(=C3SC(=S)N(Cc4ccco4)C3=O)c3ccccc32)cc1. The van der Waals surface area contributed by atoms with Crippen LogP contribution in [0.15, 0.2) is 76.2 Å². The van der Waals surface area contributed by atoms with Gasteiger partial charge in [0, 0.05) is 11.3 Å². The number of hydrogen-bond acceptors (Lipinski definition) is 8. The van der Waals surface area contributed by atoms with Gasteiger partial charge >= 0.3 is 5.97 Å². The normalized spacial score (nSPS) is 16.7. The molecule has 0 aliphatic carbocycles. The van der Waals surface area contributed by atoms with E-state index in [-0.39, 0.29) is 36.1 Å². The molecule has 5 rings (SSSR count). The first-order valence-electron chi connectivity index (χ1n) is 11.7. The Balaban J connectivity index is 1.36. The molecule has 0 spiro atoms. The number of hydrogen-bond donors (Lipinski definition) is 1. The Labute approximate surface area is 227 Å². The molecular formula is C27H21N3O6S2. The van der Waals surface area contributed by atoms with E-state index in [2.05, 4.69) is 5.32 Å². The van der Waals surface area contributed by atoms with Crippen molar-refractivity contribution < 1.29 is 28.3 Å². The van der Waals surface area contributed by atoms with Gasteiger partial charge in [0.1, 0.15) is 16.6 Å². The number of thioether (sulfide) groups is 1. The molecule has 1 saturated heterocycles. The largest absolute Gasteiger partial charge is 0.467 e. The molecule has 0 saturated carbocycles. The molecule has 3 amide bonds. The lowest BCUT2D eigenvalue weighted by Crippen LogP contribution is -2.35. The van der Waals surface area contributed by atoms with Crippen molar-refractivity contribution in [1.82, 2.24) is 4.90 Å². The number of amides is 3. The predicted octanol–water partition coefficient (Wildman–Crippen LogP) is 4.21. The number of carbonyl (C=O) groups is 4. The van der Waals surface area contributed by atoms with Crippen molar-refractivity contribution >= 4 is 68.9 Å². The fraction of sp³-hybridized carbons (Fsp3) is 0.148. The van der Waals surface area contributed by atoms with E-state index in [1.54, 1.807) is 67.6 Å². The minimum Gasteiger partial charge on any atom is -0.467 e. The van der Waals surface area contributed by atoms with Gasteiger partial charge in [0.15, 0.2) is 0 Å². The Kier molecular flexibility index (Phi) is 7.12. The second-order valence-electron chi connectivity index (χ2n) is 8.30. The summed E-state index contributed by atoms with van der Waals surface area (Å²) >= 11 is 6.49. The highest BCUT2D eigenvalue weighted by atomic mass is 32.2. The molecule has 1 aromatic heterocycles. The molecule has 3 aromatic rings. The first kappa shape index (κ1) is 25.4. The average molecular weight is 548 g/mol. The molecule has 3 heterocycles. The summed E-state index contributed by atoms with van der Waals surface area (Å²) in [5, 5.41) is 2.74. The maximum atomic E-state index is 13.6. The van der Waals surface area contributed by atoms with E-state index in [0.717, 1.165) is 11.8 Å². The van der Waals surface area contributed by atoms with Gasteiger partial charge in [-0.3, -0.25) is 24.2 Å². The lowest BCUT2D eigenvalue weighted by Gasteiger charge is -2.17. The summed E-state index contributed by atoms with van der Waals surface area (Å²) < 4.78 is 10.6. The minimum absolute atomic E-state index is 0.158. The fourth-order valence-corrected chi connectivity index (χ4v) is 5.48. The number of para-hydroxylation sites is 1. The molecular weight excluding hydrogens is 526 g/mol. The van der Waals surface area contributed by atoms with Crippen molar-refractivity contribution in [1.29, 1.82) is 0 Å². The highest BCUT2D eigenvalue weighted by Crippen LogP contribution is 2.44. The monoisotopic (exact) mass is 547 g/mol. The third-order valence-corrected chi connectivity index (χ3v) is 7.32. The van der Waals surface area contributed by atoms with Crippen LogP contribution in [0.3, 0.4) is 0 Å². The van der Waals surface area contributed by atoms with Gasteiger partial charge < -0.3 is 14.5 Å². The molecule has 2 aromatic carbocycles. The molecule has 2 aliphatic heterocycles. The van der Waals surface area contributed by atoms with E-state index < -0.39 is 17.8 Å².